The van der Waals surface area contributed by atoms with Crippen LogP contribution in [0.5, 0.6) is 0 Å². The Morgan fingerprint density at radius 2 is 1.83 bits per heavy atom. The van der Waals surface area contributed by atoms with E-state index in [9.17, 15) is 9.59 Å². The predicted octanol–water partition coefficient (Wildman–Crippen LogP) is 2.72. The van der Waals surface area contributed by atoms with E-state index < -0.39 is 0 Å². The summed E-state index contributed by atoms with van der Waals surface area (Å²) in [5, 5.41) is 0. The molecule has 0 bridgehead atoms. The number of hydrogen-bond acceptors (Lipinski definition) is 5. The van der Waals surface area contributed by atoms with Gasteiger partial charge in [-0.15, -0.1) is 0 Å². The second-order valence-electron chi connectivity index (χ2n) is 8.16. The van der Waals surface area contributed by atoms with Crippen molar-refractivity contribution >= 4 is 23.3 Å². The molecule has 1 aliphatic carbocycles. The van der Waals surface area contributed by atoms with Gasteiger partial charge in [0.25, 0.3) is 5.91 Å². The Morgan fingerprint density at radius 1 is 1.14 bits per heavy atom. The summed E-state index contributed by atoms with van der Waals surface area (Å²) in [6.45, 7) is 2.37. The molecule has 1 saturated carbocycles. The fraction of sp³-hybridized carbons (Fsp3) is 0.455. The lowest BCUT2D eigenvalue weighted by atomic mass is 9.77. The van der Waals surface area contributed by atoms with E-state index in [-0.39, 0.29) is 17.6 Å². The van der Waals surface area contributed by atoms with Crippen molar-refractivity contribution < 1.29 is 9.59 Å². The van der Waals surface area contributed by atoms with Crippen LogP contribution in [0.15, 0.2) is 24.3 Å². The van der Waals surface area contributed by atoms with Crippen molar-refractivity contribution in [3.05, 3.63) is 46.9 Å². The van der Waals surface area contributed by atoms with Gasteiger partial charge in [-0.3, -0.25) is 9.59 Å². The van der Waals surface area contributed by atoms with Crippen LogP contribution in [0.1, 0.15) is 65.5 Å². The first kappa shape index (κ1) is 19.4. The largest absolute Gasteiger partial charge is 0.383 e. The number of benzene rings is 1. The molecular formula is C22H27N5O2. The highest BCUT2D eigenvalue weighted by molar-refractivity contribution is 6.10. The van der Waals surface area contributed by atoms with Crippen molar-refractivity contribution in [1.82, 2.24) is 9.97 Å². The SMILES string of the molecule is Cc1nc(N)c2c(n1)CCN(c1ccc(C3CCC(CC(N)=O)CC3)cc1)C2=O. The Morgan fingerprint density at radius 3 is 2.48 bits per heavy atom. The molecule has 2 aliphatic rings. The van der Waals surface area contributed by atoms with Crippen LogP contribution in [-0.4, -0.2) is 28.3 Å². The third-order valence-corrected chi connectivity index (χ3v) is 6.17. The van der Waals surface area contributed by atoms with Gasteiger partial charge in [0.15, 0.2) is 0 Å². The van der Waals surface area contributed by atoms with Crippen LogP contribution in [0, 0.1) is 12.8 Å². The molecule has 4 N–H and O–H groups in total. The van der Waals surface area contributed by atoms with Crippen molar-refractivity contribution in [3.8, 4) is 0 Å². The molecule has 1 aromatic carbocycles. The quantitative estimate of drug-likeness (QED) is 0.829. The van der Waals surface area contributed by atoms with Gasteiger partial charge in [0, 0.05) is 25.1 Å². The van der Waals surface area contributed by atoms with E-state index in [0.717, 1.165) is 37.1 Å². The second-order valence-corrected chi connectivity index (χ2v) is 8.16. The van der Waals surface area contributed by atoms with Crippen LogP contribution in [0.25, 0.3) is 0 Å². The smallest absolute Gasteiger partial charge is 0.263 e. The number of nitrogen functional groups attached to an aromatic ring is 1. The van der Waals surface area contributed by atoms with Gasteiger partial charge < -0.3 is 16.4 Å². The van der Waals surface area contributed by atoms with Gasteiger partial charge in [0.2, 0.25) is 5.91 Å². The molecule has 2 heterocycles. The van der Waals surface area contributed by atoms with E-state index in [4.69, 9.17) is 11.5 Å². The maximum Gasteiger partial charge on any atom is 0.263 e. The monoisotopic (exact) mass is 393 g/mol. The third-order valence-electron chi connectivity index (χ3n) is 6.17. The molecule has 0 unspecified atom stereocenters. The fourth-order valence-electron chi connectivity index (χ4n) is 4.68. The molecule has 0 radical (unpaired) electrons. The van der Waals surface area contributed by atoms with Crippen LogP contribution >= 0.6 is 0 Å². The molecule has 152 valence electrons. The Balaban J connectivity index is 1.46. The molecule has 2 aromatic rings. The summed E-state index contributed by atoms with van der Waals surface area (Å²) in [7, 11) is 0. The van der Waals surface area contributed by atoms with Crippen LogP contribution in [0.4, 0.5) is 11.5 Å². The molecule has 2 amide bonds. The van der Waals surface area contributed by atoms with Gasteiger partial charge in [-0.1, -0.05) is 12.1 Å². The summed E-state index contributed by atoms with van der Waals surface area (Å²) >= 11 is 0. The molecule has 29 heavy (non-hydrogen) atoms. The fourth-order valence-corrected chi connectivity index (χ4v) is 4.68. The summed E-state index contributed by atoms with van der Waals surface area (Å²) in [6.07, 6.45) is 5.38. The zero-order valence-electron chi connectivity index (χ0n) is 16.7. The van der Waals surface area contributed by atoms with Gasteiger partial charge in [-0.25, -0.2) is 9.97 Å². The van der Waals surface area contributed by atoms with Gasteiger partial charge in [-0.2, -0.15) is 0 Å². The van der Waals surface area contributed by atoms with Crippen LogP contribution in [0.3, 0.4) is 0 Å². The lowest BCUT2D eigenvalue weighted by molar-refractivity contribution is -0.119. The van der Waals surface area contributed by atoms with Crippen LogP contribution < -0.4 is 16.4 Å². The number of carbonyl (C=O) groups excluding carboxylic acids is 2. The molecule has 1 aliphatic heterocycles. The molecule has 7 heteroatoms. The number of carbonyl (C=O) groups is 2. The molecule has 1 aromatic heterocycles. The highest BCUT2D eigenvalue weighted by atomic mass is 16.2. The first-order valence-electron chi connectivity index (χ1n) is 10.3. The summed E-state index contributed by atoms with van der Waals surface area (Å²) in [6, 6.07) is 8.26. The molecule has 0 atom stereocenters. The molecule has 0 saturated heterocycles. The standard InChI is InChI=1S/C22H27N5O2/c1-13-25-18-10-11-27(22(29)20(18)21(24)26-13)17-8-6-16(7-9-17)15-4-2-14(3-5-15)12-19(23)28/h6-9,14-15H,2-5,10-12H2,1H3,(H2,23,28)(H2,24,25,26). The van der Waals surface area contributed by atoms with Gasteiger partial charge >= 0.3 is 0 Å². The van der Waals surface area contributed by atoms with Gasteiger partial charge in [-0.05, 0) is 62.1 Å². The number of nitrogens with zero attached hydrogens (tertiary/aromatic N) is 3. The summed E-state index contributed by atoms with van der Waals surface area (Å²) in [4.78, 5) is 34.4. The van der Waals surface area contributed by atoms with Gasteiger partial charge in [0.1, 0.15) is 17.2 Å². The van der Waals surface area contributed by atoms with E-state index in [1.165, 1.54) is 5.56 Å². The molecule has 7 nitrogen and oxygen atoms in total. The predicted molar refractivity (Wildman–Crippen MR) is 112 cm³/mol. The minimum absolute atomic E-state index is 0.136. The highest BCUT2D eigenvalue weighted by Crippen LogP contribution is 2.37. The number of nitrogens with two attached hydrogens (primary N) is 2. The van der Waals surface area contributed by atoms with Crippen LogP contribution in [-0.2, 0) is 11.2 Å². The highest BCUT2D eigenvalue weighted by Gasteiger charge is 2.30. The molecule has 1 fully saturated rings. The Kier molecular flexibility index (Phi) is 5.22. The summed E-state index contributed by atoms with van der Waals surface area (Å²) in [5.41, 5.74) is 14.7. The second kappa shape index (κ2) is 7.81. The number of fused-ring (bicyclic) bond motifs is 1. The Labute approximate surface area is 170 Å². The van der Waals surface area contributed by atoms with Crippen LogP contribution in [0.2, 0.25) is 0 Å². The molecular weight excluding hydrogens is 366 g/mol. The minimum Gasteiger partial charge on any atom is -0.383 e. The summed E-state index contributed by atoms with van der Waals surface area (Å²) < 4.78 is 0. The third kappa shape index (κ3) is 3.95. The molecule has 0 spiro atoms. The van der Waals surface area contributed by atoms with Crippen molar-refractivity contribution in [2.24, 2.45) is 11.7 Å². The summed E-state index contributed by atoms with van der Waals surface area (Å²) in [5.74, 6) is 1.43. The van der Waals surface area contributed by atoms with Crippen molar-refractivity contribution in [1.29, 1.82) is 0 Å². The zero-order valence-corrected chi connectivity index (χ0v) is 16.7. The molecule has 4 rings (SSSR count). The number of anilines is 2. The Bertz CT molecular complexity index is 933. The minimum atomic E-state index is -0.202. The number of aromatic nitrogens is 2. The number of amides is 2. The number of aryl methyl sites for hydroxylation is 1. The average Bonchev–Trinajstić information content (AvgIpc) is 2.68. The number of primary amides is 1. The van der Waals surface area contributed by atoms with Crippen molar-refractivity contribution in [3.63, 3.8) is 0 Å². The van der Waals surface area contributed by atoms with E-state index in [1.54, 1.807) is 11.8 Å². The lowest BCUT2D eigenvalue weighted by Crippen LogP contribution is -2.39. The zero-order chi connectivity index (χ0) is 20.5. The van der Waals surface area contributed by atoms with Crippen molar-refractivity contribution in [2.75, 3.05) is 17.2 Å². The van der Waals surface area contributed by atoms with Gasteiger partial charge in [0.05, 0.1) is 5.69 Å². The lowest BCUT2D eigenvalue weighted by Gasteiger charge is -2.30. The van der Waals surface area contributed by atoms with E-state index in [2.05, 4.69) is 22.1 Å². The number of rotatable bonds is 4. The Hall–Kier alpha value is -2.96. The average molecular weight is 393 g/mol. The first-order valence-corrected chi connectivity index (χ1v) is 10.3. The normalized spacial score (nSPS) is 21.7. The number of hydrogen-bond donors (Lipinski definition) is 2. The van der Waals surface area contributed by atoms with E-state index >= 15 is 0 Å². The van der Waals surface area contributed by atoms with E-state index in [0.29, 0.717) is 42.6 Å². The first-order chi connectivity index (χ1) is 13.9. The maximum absolute atomic E-state index is 13.0. The maximum atomic E-state index is 13.0. The van der Waals surface area contributed by atoms with E-state index in [1.807, 2.05) is 12.1 Å². The topological polar surface area (TPSA) is 115 Å². The van der Waals surface area contributed by atoms with Crippen molar-refractivity contribution in [2.45, 2.75) is 51.4 Å².